The summed E-state index contributed by atoms with van der Waals surface area (Å²) in [4.78, 5) is 29.5. The maximum atomic E-state index is 12.6. The van der Waals surface area contributed by atoms with Crippen molar-refractivity contribution in [1.29, 1.82) is 0 Å². The Morgan fingerprint density at radius 3 is 2.14 bits per heavy atom. The van der Waals surface area contributed by atoms with Crippen molar-refractivity contribution in [2.24, 2.45) is 0 Å². The van der Waals surface area contributed by atoms with Crippen LogP contribution in [0, 0.1) is 6.92 Å². The number of rotatable bonds is 5. The lowest BCUT2D eigenvalue weighted by molar-refractivity contribution is 0.103. The molecule has 0 saturated carbocycles. The molecule has 6 nitrogen and oxygen atoms in total. The SMILES string of the molecule is Cc1nc(NC(=O)Nc2ccc(Cl)cc2)sc1C(=O)Nc1ccc(C(C)C)cc1. The number of hydrogen-bond donors (Lipinski definition) is 3. The second-order valence-corrected chi connectivity index (χ2v) is 8.19. The van der Waals surface area contributed by atoms with Gasteiger partial charge < -0.3 is 10.6 Å². The molecule has 0 spiro atoms. The molecule has 1 heterocycles. The van der Waals surface area contributed by atoms with E-state index in [4.69, 9.17) is 11.6 Å². The average Bonchev–Trinajstić information content (AvgIpc) is 3.04. The van der Waals surface area contributed by atoms with Crippen molar-refractivity contribution in [3.8, 4) is 0 Å². The van der Waals surface area contributed by atoms with Crippen LogP contribution in [-0.4, -0.2) is 16.9 Å². The van der Waals surface area contributed by atoms with Crippen LogP contribution in [-0.2, 0) is 0 Å². The second-order valence-electron chi connectivity index (χ2n) is 6.75. The molecule has 0 bridgehead atoms. The fourth-order valence-electron chi connectivity index (χ4n) is 2.59. The number of aromatic nitrogens is 1. The summed E-state index contributed by atoms with van der Waals surface area (Å²) < 4.78 is 0. The maximum Gasteiger partial charge on any atom is 0.325 e. The van der Waals surface area contributed by atoms with Crippen LogP contribution in [0.25, 0.3) is 0 Å². The fourth-order valence-corrected chi connectivity index (χ4v) is 3.58. The highest BCUT2D eigenvalue weighted by Gasteiger charge is 2.17. The van der Waals surface area contributed by atoms with Crippen molar-refractivity contribution >= 4 is 51.4 Å². The molecule has 0 unspecified atom stereocenters. The summed E-state index contributed by atoms with van der Waals surface area (Å²) in [7, 11) is 0. The van der Waals surface area contributed by atoms with Gasteiger partial charge >= 0.3 is 6.03 Å². The number of nitrogens with one attached hydrogen (secondary N) is 3. The molecule has 150 valence electrons. The first-order valence-electron chi connectivity index (χ1n) is 9.04. The lowest BCUT2D eigenvalue weighted by Gasteiger charge is -2.08. The Labute approximate surface area is 178 Å². The normalized spacial score (nSPS) is 10.7. The minimum absolute atomic E-state index is 0.261. The zero-order valence-electron chi connectivity index (χ0n) is 16.2. The molecule has 0 fully saturated rings. The van der Waals surface area contributed by atoms with Gasteiger partial charge in [0.2, 0.25) is 0 Å². The molecule has 3 rings (SSSR count). The van der Waals surface area contributed by atoms with Crippen LogP contribution in [0.3, 0.4) is 0 Å². The molecule has 0 radical (unpaired) electrons. The van der Waals surface area contributed by atoms with Crippen molar-refractivity contribution in [3.63, 3.8) is 0 Å². The van der Waals surface area contributed by atoms with Gasteiger partial charge in [0.05, 0.1) is 5.69 Å². The van der Waals surface area contributed by atoms with Crippen LogP contribution >= 0.6 is 22.9 Å². The van der Waals surface area contributed by atoms with Gasteiger partial charge in [-0.1, -0.05) is 48.9 Å². The molecule has 3 N–H and O–H groups in total. The fraction of sp³-hybridized carbons (Fsp3) is 0.190. The molecule has 2 aromatic carbocycles. The Bertz CT molecular complexity index is 1010. The van der Waals surface area contributed by atoms with Crippen LogP contribution in [0.4, 0.5) is 21.3 Å². The molecule has 1 aromatic heterocycles. The van der Waals surface area contributed by atoms with Gasteiger partial charge in [0.25, 0.3) is 5.91 Å². The topological polar surface area (TPSA) is 83.1 Å². The van der Waals surface area contributed by atoms with Crippen LogP contribution < -0.4 is 16.0 Å². The molecule has 0 aliphatic rings. The van der Waals surface area contributed by atoms with E-state index in [1.165, 1.54) is 5.56 Å². The van der Waals surface area contributed by atoms with E-state index in [1.54, 1.807) is 31.2 Å². The maximum absolute atomic E-state index is 12.6. The van der Waals surface area contributed by atoms with Crippen molar-refractivity contribution < 1.29 is 9.59 Å². The lowest BCUT2D eigenvalue weighted by atomic mass is 10.0. The quantitative estimate of drug-likeness (QED) is 0.457. The molecule has 8 heteroatoms. The van der Waals surface area contributed by atoms with Crippen LogP contribution in [0.5, 0.6) is 0 Å². The zero-order chi connectivity index (χ0) is 21.0. The van der Waals surface area contributed by atoms with Crippen LogP contribution in [0.1, 0.15) is 40.7 Å². The molecule has 0 aliphatic heterocycles. The predicted molar refractivity (Wildman–Crippen MR) is 119 cm³/mol. The number of hydrogen-bond acceptors (Lipinski definition) is 4. The molecular weight excluding hydrogens is 408 g/mol. The van der Waals surface area contributed by atoms with E-state index in [1.807, 2.05) is 24.3 Å². The van der Waals surface area contributed by atoms with Gasteiger partial charge in [-0.15, -0.1) is 0 Å². The van der Waals surface area contributed by atoms with E-state index in [0.29, 0.717) is 38.0 Å². The number of aryl methyl sites for hydroxylation is 1. The van der Waals surface area contributed by atoms with E-state index >= 15 is 0 Å². The number of amides is 3. The molecule has 0 saturated heterocycles. The summed E-state index contributed by atoms with van der Waals surface area (Å²) in [5, 5.41) is 9.13. The van der Waals surface area contributed by atoms with Gasteiger partial charge in [0.15, 0.2) is 5.13 Å². The van der Waals surface area contributed by atoms with Gasteiger partial charge in [-0.25, -0.2) is 9.78 Å². The van der Waals surface area contributed by atoms with Crippen molar-refractivity contribution in [2.75, 3.05) is 16.0 Å². The standard InChI is InChI=1S/C21H21ClN4O2S/c1-12(2)14-4-8-16(9-5-14)24-19(27)18-13(3)23-21(29-18)26-20(28)25-17-10-6-15(22)7-11-17/h4-12H,1-3H3,(H,24,27)(H2,23,25,26,28). The number of anilines is 3. The smallest absolute Gasteiger partial charge is 0.321 e. The van der Waals surface area contributed by atoms with E-state index in [2.05, 4.69) is 34.8 Å². The third kappa shape index (κ3) is 5.56. The van der Waals surface area contributed by atoms with E-state index in [0.717, 1.165) is 11.3 Å². The van der Waals surface area contributed by atoms with Crippen molar-refractivity contribution in [1.82, 2.24) is 4.98 Å². The second kappa shape index (κ2) is 9.07. The summed E-state index contributed by atoms with van der Waals surface area (Å²) in [6.45, 7) is 5.97. The van der Waals surface area contributed by atoms with E-state index in [9.17, 15) is 9.59 Å². The zero-order valence-corrected chi connectivity index (χ0v) is 17.8. The summed E-state index contributed by atoms with van der Waals surface area (Å²) >= 11 is 6.95. The molecule has 3 amide bonds. The van der Waals surface area contributed by atoms with Gasteiger partial charge in [-0.2, -0.15) is 0 Å². The molecular formula is C21H21ClN4O2S. The molecule has 3 aromatic rings. The Hall–Kier alpha value is -2.90. The van der Waals surface area contributed by atoms with Crippen LogP contribution in [0.2, 0.25) is 5.02 Å². The number of urea groups is 1. The number of benzene rings is 2. The highest BCUT2D eigenvalue weighted by Crippen LogP contribution is 2.25. The minimum Gasteiger partial charge on any atom is -0.321 e. The summed E-state index contributed by atoms with van der Waals surface area (Å²) in [5.41, 5.74) is 3.06. The first kappa shape index (κ1) is 20.8. The lowest BCUT2D eigenvalue weighted by Crippen LogP contribution is -2.19. The number of thiazole rings is 1. The number of nitrogens with zero attached hydrogens (tertiary/aromatic N) is 1. The first-order chi connectivity index (χ1) is 13.8. The minimum atomic E-state index is -0.447. The Balaban J connectivity index is 1.63. The summed E-state index contributed by atoms with van der Waals surface area (Å²) in [6.07, 6.45) is 0. The third-order valence-electron chi connectivity index (χ3n) is 4.16. The van der Waals surface area contributed by atoms with Crippen LogP contribution in [0.15, 0.2) is 48.5 Å². The third-order valence-corrected chi connectivity index (χ3v) is 5.48. The number of carbonyl (C=O) groups is 2. The summed E-state index contributed by atoms with van der Waals surface area (Å²) in [6, 6.07) is 14.0. The monoisotopic (exact) mass is 428 g/mol. The van der Waals surface area contributed by atoms with E-state index in [-0.39, 0.29) is 5.91 Å². The Kier molecular flexibility index (Phi) is 6.51. The first-order valence-corrected chi connectivity index (χ1v) is 10.2. The molecule has 0 atom stereocenters. The van der Waals surface area contributed by atoms with Gasteiger partial charge in [-0.3, -0.25) is 10.1 Å². The molecule has 29 heavy (non-hydrogen) atoms. The van der Waals surface area contributed by atoms with Crippen molar-refractivity contribution in [2.45, 2.75) is 26.7 Å². The molecule has 0 aliphatic carbocycles. The highest BCUT2D eigenvalue weighted by atomic mass is 35.5. The Morgan fingerprint density at radius 2 is 1.52 bits per heavy atom. The predicted octanol–water partition coefficient (Wildman–Crippen LogP) is 6.12. The van der Waals surface area contributed by atoms with Crippen molar-refractivity contribution in [3.05, 3.63) is 69.7 Å². The average molecular weight is 429 g/mol. The largest absolute Gasteiger partial charge is 0.325 e. The van der Waals surface area contributed by atoms with E-state index < -0.39 is 6.03 Å². The van der Waals surface area contributed by atoms with Gasteiger partial charge in [0.1, 0.15) is 4.88 Å². The number of carbonyl (C=O) groups excluding carboxylic acids is 2. The Morgan fingerprint density at radius 1 is 0.931 bits per heavy atom. The summed E-state index contributed by atoms with van der Waals surface area (Å²) in [5.74, 6) is 0.166. The van der Waals surface area contributed by atoms with Gasteiger partial charge in [-0.05, 0) is 54.8 Å². The van der Waals surface area contributed by atoms with Gasteiger partial charge in [0, 0.05) is 16.4 Å². The number of halogens is 1. The highest BCUT2D eigenvalue weighted by molar-refractivity contribution is 7.17.